The zero-order chi connectivity index (χ0) is 12.1. The second-order valence-electron chi connectivity index (χ2n) is 4.23. The molecule has 1 rings (SSSR count). The maximum absolute atomic E-state index is 13.2. The Morgan fingerprint density at radius 1 is 1.38 bits per heavy atom. The number of nitrogens with two attached hydrogens (primary N) is 1. The van der Waals surface area contributed by atoms with Crippen LogP contribution in [0.15, 0.2) is 18.2 Å². The fourth-order valence-electron chi connectivity index (χ4n) is 1.88. The summed E-state index contributed by atoms with van der Waals surface area (Å²) >= 11 is 0. The van der Waals surface area contributed by atoms with Crippen LogP contribution in [0.3, 0.4) is 0 Å². The normalized spacial score (nSPS) is 14.6. The van der Waals surface area contributed by atoms with Gasteiger partial charge < -0.3 is 10.5 Å². The Balaban J connectivity index is 2.96. The van der Waals surface area contributed by atoms with E-state index in [0.29, 0.717) is 12.5 Å². The van der Waals surface area contributed by atoms with Gasteiger partial charge >= 0.3 is 0 Å². The smallest absolute Gasteiger partial charge is 0.123 e. The number of hydrogen-bond donors (Lipinski definition) is 1. The summed E-state index contributed by atoms with van der Waals surface area (Å²) in [5.74, 6) is 1.19. The molecule has 0 saturated heterocycles. The topological polar surface area (TPSA) is 35.2 Å². The van der Waals surface area contributed by atoms with Gasteiger partial charge in [0, 0.05) is 5.56 Å². The summed E-state index contributed by atoms with van der Waals surface area (Å²) in [6.07, 6.45) is 0.931. The van der Waals surface area contributed by atoms with Gasteiger partial charge in [0.05, 0.1) is 7.11 Å². The molecule has 0 aliphatic carbocycles. The van der Waals surface area contributed by atoms with Crippen LogP contribution < -0.4 is 10.5 Å². The van der Waals surface area contributed by atoms with Crippen molar-refractivity contribution in [3.8, 4) is 5.75 Å². The Bertz CT molecular complexity index is 341. The number of ether oxygens (including phenoxy) is 1. The minimum atomic E-state index is -0.220. The first-order valence-electron chi connectivity index (χ1n) is 5.63. The molecule has 0 heterocycles. The van der Waals surface area contributed by atoms with Gasteiger partial charge in [-0.15, -0.1) is 0 Å². The monoisotopic (exact) mass is 225 g/mol. The van der Waals surface area contributed by atoms with Crippen molar-refractivity contribution in [3.63, 3.8) is 0 Å². The molecule has 90 valence electrons. The van der Waals surface area contributed by atoms with Crippen LogP contribution in [-0.2, 0) is 0 Å². The number of rotatable bonds is 5. The lowest BCUT2D eigenvalue weighted by molar-refractivity contribution is 0.388. The fraction of sp³-hybridized carbons (Fsp3) is 0.538. The van der Waals surface area contributed by atoms with E-state index in [9.17, 15) is 4.39 Å². The molecule has 16 heavy (non-hydrogen) atoms. The highest BCUT2D eigenvalue weighted by Crippen LogP contribution is 2.33. The molecule has 0 saturated carbocycles. The Morgan fingerprint density at radius 2 is 2.06 bits per heavy atom. The molecule has 2 unspecified atom stereocenters. The molecule has 0 fully saturated rings. The largest absolute Gasteiger partial charge is 0.496 e. The van der Waals surface area contributed by atoms with Gasteiger partial charge in [0.25, 0.3) is 0 Å². The van der Waals surface area contributed by atoms with Crippen molar-refractivity contribution >= 4 is 0 Å². The quantitative estimate of drug-likeness (QED) is 0.836. The van der Waals surface area contributed by atoms with E-state index < -0.39 is 0 Å². The van der Waals surface area contributed by atoms with E-state index in [4.69, 9.17) is 10.5 Å². The predicted molar refractivity (Wildman–Crippen MR) is 64.2 cm³/mol. The Labute approximate surface area is 96.6 Å². The van der Waals surface area contributed by atoms with Gasteiger partial charge in [0.15, 0.2) is 0 Å². The molecule has 3 heteroatoms. The number of halogens is 1. The van der Waals surface area contributed by atoms with Gasteiger partial charge in [-0.3, -0.25) is 0 Å². The highest BCUT2D eigenvalue weighted by atomic mass is 19.1. The van der Waals surface area contributed by atoms with Crippen LogP contribution in [0.5, 0.6) is 5.75 Å². The van der Waals surface area contributed by atoms with Crippen LogP contribution in [-0.4, -0.2) is 13.7 Å². The van der Waals surface area contributed by atoms with Crippen LogP contribution in [0.1, 0.15) is 31.7 Å². The van der Waals surface area contributed by atoms with Crippen molar-refractivity contribution in [1.82, 2.24) is 0 Å². The van der Waals surface area contributed by atoms with E-state index in [1.165, 1.54) is 6.07 Å². The first kappa shape index (κ1) is 13.0. The third-order valence-corrected chi connectivity index (χ3v) is 3.16. The SMILES string of the molecule is COc1ccc(F)cc1C(C)C(C)CCN. The van der Waals surface area contributed by atoms with E-state index in [1.807, 2.05) is 0 Å². The molecule has 0 aliphatic heterocycles. The maximum atomic E-state index is 13.2. The lowest BCUT2D eigenvalue weighted by Crippen LogP contribution is -2.13. The van der Waals surface area contributed by atoms with E-state index in [0.717, 1.165) is 17.7 Å². The molecular formula is C13H20FNO. The van der Waals surface area contributed by atoms with Crippen molar-refractivity contribution in [2.75, 3.05) is 13.7 Å². The van der Waals surface area contributed by atoms with E-state index in [-0.39, 0.29) is 11.7 Å². The zero-order valence-electron chi connectivity index (χ0n) is 10.2. The summed E-state index contributed by atoms with van der Waals surface area (Å²) in [6, 6.07) is 4.65. The van der Waals surface area contributed by atoms with Gasteiger partial charge in [-0.2, -0.15) is 0 Å². The fourth-order valence-corrected chi connectivity index (χ4v) is 1.88. The maximum Gasteiger partial charge on any atom is 0.123 e. The number of methoxy groups -OCH3 is 1. The van der Waals surface area contributed by atoms with Crippen LogP contribution in [0, 0.1) is 11.7 Å². The van der Waals surface area contributed by atoms with Crippen molar-refractivity contribution in [3.05, 3.63) is 29.6 Å². The summed E-state index contributed by atoms with van der Waals surface area (Å²) in [6.45, 7) is 4.86. The molecule has 0 radical (unpaired) electrons. The van der Waals surface area contributed by atoms with Gasteiger partial charge in [-0.05, 0) is 43.0 Å². The van der Waals surface area contributed by atoms with E-state index >= 15 is 0 Å². The molecule has 0 amide bonds. The molecule has 0 spiro atoms. The van der Waals surface area contributed by atoms with Crippen LogP contribution >= 0.6 is 0 Å². The lowest BCUT2D eigenvalue weighted by Gasteiger charge is -2.21. The lowest BCUT2D eigenvalue weighted by atomic mass is 9.86. The summed E-state index contributed by atoms with van der Waals surface area (Å²) in [5, 5.41) is 0. The Morgan fingerprint density at radius 3 is 2.62 bits per heavy atom. The minimum Gasteiger partial charge on any atom is -0.496 e. The molecule has 2 N–H and O–H groups in total. The minimum absolute atomic E-state index is 0.220. The zero-order valence-corrected chi connectivity index (χ0v) is 10.2. The molecular weight excluding hydrogens is 205 g/mol. The van der Waals surface area contributed by atoms with Gasteiger partial charge in [0.2, 0.25) is 0 Å². The average Bonchev–Trinajstić information content (AvgIpc) is 2.28. The number of benzene rings is 1. The van der Waals surface area contributed by atoms with Gasteiger partial charge in [0.1, 0.15) is 11.6 Å². The Kier molecular flexibility index (Phi) is 4.74. The molecule has 1 aromatic carbocycles. The average molecular weight is 225 g/mol. The summed E-state index contributed by atoms with van der Waals surface area (Å²) < 4.78 is 18.5. The highest BCUT2D eigenvalue weighted by molar-refractivity contribution is 5.36. The highest BCUT2D eigenvalue weighted by Gasteiger charge is 2.18. The van der Waals surface area contributed by atoms with E-state index in [2.05, 4.69) is 13.8 Å². The second kappa shape index (κ2) is 5.85. The third-order valence-electron chi connectivity index (χ3n) is 3.16. The molecule has 2 atom stereocenters. The molecule has 0 aliphatic rings. The molecule has 1 aromatic rings. The van der Waals surface area contributed by atoms with Crippen LogP contribution in [0.2, 0.25) is 0 Å². The standard InChI is InChI=1S/C13H20FNO/c1-9(6-7-15)10(2)12-8-11(14)4-5-13(12)16-3/h4-5,8-10H,6-7,15H2,1-3H3. The van der Waals surface area contributed by atoms with Crippen LogP contribution in [0.4, 0.5) is 4.39 Å². The molecule has 2 nitrogen and oxygen atoms in total. The van der Waals surface area contributed by atoms with E-state index in [1.54, 1.807) is 19.2 Å². The van der Waals surface area contributed by atoms with Crippen molar-refractivity contribution in [2.24, 2.45) is 11.7 Å². The second-order valence-corrected chi connectivity index (χ2v) is 4.23. The van der Waals surface area contributed by atoms with Gasteiger partial charge in [-0.1, -0.05) is 13.8 Å². The number of hydrogen-bond acceptors (Lipinski definition) is 2. The predicted octanol–water partition coefficient (Wildman–Crippen LogP) is 2.92. The first-order valence-corrected chi connectivity index (χ1v) is 5.63. The third kappa shape index (κ3) is 2.95. The van der Waals surface area contributed by atoms with Crippen molar-refractivity contribution in [2.45, 2.75) is 26.2 Å². The van der Waals surface area contributed by atoms with Crippen molar-refractivity contribution < 1.29 is 9.13 Å². The molecule has 0 aromatic heterocycles. The van der Waals surface area contributed by atoms with Crippen molar-refractivity contribution in [1.29, 1.82) is 0 Å². The Hall–Kier alpha value is -1.09. The van der Waals surface area contributed by atoms with Crippen LogP contribution in [0.25, 0.3) is 0 Å². The summed E-state index contributed by atoms with van der Waals surface area (Å²) in [7, 11) is 1.61. The summed E-state index contributed by atoms with van der Waals surface area (Å²) in [5.41, 5.74) is 6.46. The molecule has 0 bridgehead atoms. The summed E-state index contributed by atoms with van der Waals surface area (Å²) in [4.78, 5) is 0. The first-order chi connectivity index (χ1) is 7.60. The van der Waals surface area contributed by atoms with Gasteiger partial charge in [-0.25, -0.2) is 4.39 Å².